The Kier molecular flexibility index (Phi) is 5.37. The summed E-state index contributed by atoms with van der Waals surface area (Å²) >= 11 is 1.57. The third kappa shape index (κ3) is 4.76. The first-order chi connectivity index (χ1) is 9.57. The molecule has 1 aliphatic carbocycles. The largest absolute Gasteiger partial charge is 0.388 e. The van der Waals surface area contributed by atoms with E-state index in [9.17, 15) is 9.90 Å². The molecule has 1 saturated carbocycles. The summed E-state index contributed by atoms with van der Waals surface area (Å²) in [4.78, 5) is 16.9. The summed E-state index contributed by atoms with van der Waals surface area (Å²) in [5.74, 6) is 0. The Bertz CT molecular complexity index is 439. The molecule has 1 heterocycles. The van der Waals surface area contributed by atoms with Crippen LogP contribution in [0.5, 0.6) is 0 Å². The maximum atomic E-state index is 11.7. The van der Waals surface area contributed by atoms with Crippen LogP contribution in [-0.2, 0) is 6.54 Å². The zero-order valence-electron chi connectivity index (χ0n) is 11.9. The van der Waals surface area contributed by atoms with Gasteiger partial charge in [0.25, 0.3) is 0 Å². The van der Waals surface area contributed by atoms with Crippen LogP contribution in [0.2, 0.25) is 0 Å². The number of thiazole rings is 1. The molecule has 1 aromatic rings. The van der Waals surface area contributed by atoms with Gasteiger partial charge >= 0.3 is 6.03 Å². The fourth-order valence-electron chi connectivity index (χ4n) is 2.53. The molecule has 0 aromatic carbocycles. The van der Waals surface area contributed by atoms with Gasteiger partial charge in [0.05, 0.1) is 17.2 Å². The summed E-state index contributed by atoms with van der Waals surface area (Å²) in [6.45, 7) is 2.76. The first-order valence-electron chi connectivity index (χ1n) is 7.23. The number of carbonyl (C=O) groups is 1. The van der Waals surface area contributed by atoms with Crippen LogP contribution >= 0.6 is 11.3 Å². The van der Waals surface area contributed by atoms with Gasteiger partial charge in [-0.1, -0.05) is 25.7 Å². The third-order valence-electron chi connectivity index (χ3n) is 3.70. The minimum atomic E-state index is -0.727. The zero-order chi connectivity index (χ0) is 14.4. The maximum Gasteiger partial charge on any atom is 0.315 e. The predicted octanol–water partition coefficient (Wildman–Crippen LogP) is 2.34. The Morgan fingerprint density at radius 3 is 2.65 bits per heavy atom. The number of carbonyl (C=O) groups excluding carboxylic acids is 1. The van der Waals surface area contributed by atoms with Crippen molar-refractivity contribution in [2.24, 2.45) is 0 Å². The van der Waals surface area contributed by atoms with Crippen LogP contribution < -0.4 is 10.6 Å². The standard InChI is InChI=1S/C14H23N3O2S/c1-11-15-8-12(20-11)9-16-13(18)17-10-14(19)6-4-2-3-5-7-14/h8,19H,2-7,9-10H2,1H3,(H2,16,17,18). The first kappa shape index (κ1) is 15.3. The van der Waals surface area contributed by atoms with E-state index < -0.39 is 5.60 Å². The fourth-order valence-corrected chi connectivity index (χ4v) is 3.26. The van der Waals surface area contributed by atoms with E-state index in [4.69, 9.17) is 0 Å². The predicted molar refractivity (Wildman–Crippen MR) is 79.7 cm³/mol. The quantitative estimate of drug-likeness (QED) is 0.747. The van der Waals surface area contributed by atoms with Crippen LogP contribution in [0.1, 0.15) is 48.4 Å². The number of aromatic nitrogens is 1. The Hall–Kier alpha value is -1.14. The lowest BCUT2D eigenvalue weighted by molar-refractivity contribution is 0.0277. The SMILES string of the molecule is Cc1ncc(CNC(=O)NCC2(O)CCCCCC2)s1. The lowest BCUT2D eigenvalue weighted by atomic mass is 9.95. The minimum absolute atomic E-state index is 0.228. The van der Waals surface area contributed by atoms with Gasteiger partial charge < -0.3 is 15.7 Å². The molecule has 0 radical (unpaired) electrons. The zero-order valence-corrected chi connectivity index (χ0v) is 12.8. The second-order valence-corrected chi connectivity index (χ2v) is 6.84. The van der Waals surface area contributed by atoms with E-state index >= 15 is 0 Å². The second kappa shape index (κ2) is 7.04. The minimum Gasteiger partial charge on any atom is -0.388 e. The number of nitrogens with zero attached hydrogens (tertiary/aromatic N) is 1. The first-order valence-corrected chi connectivity index (χ1v) is 8.04. The van der Waals surface area contributed by atoms with E-state index in [1.165, 1.54) is 12.8 Å². The lowest BCUT2D eigenvalue weighted by Gasteiger charge is -2.26. The van der Waals surface area contributed by atoms with Gasteiger partial charge in [0.2, 0.25) is 0 Å². The highest BCUT2D eigenvalue weighted by Crippen LogP contribution is 2.26. The van der Waals surface area contributed by atoms with E-state index in [1.54, 1.807) is 17.5 Å². The van der Waals surface area contributed by atoms with Gasteiger partial charge in [-0.2, -0.15) is 0 Å². The normalized spacial score (nSPS) is 18.3. The summed E-state index contributed by atoms with van der Waals surface area (Å²) in [6, 6.07) is -0.228. The molecule has 1 aromatic heterocycles. The van der Waals surface area contributed by atoms with E-state index in [-0.39, 0.29) is 6.03 Å². The molecule has 0 saturated heterocycles. The fraction of sp³-hybridized carbons (Fsp3) is 0.714. The molecule has 5 nitrogen and oxygen atoms in total. The molecule has 1 aliphatic rings. The molecule has 20 heavy (non-hydrogen) atoms. The van der Waals surface area contributed by atoms with Crippen molar-refractivity contribution in [3.05, 3.63) is 16.1 Å². The number of urea groups is 1. The number of aliphatic hydroxyl groups is 1. The van der Waals surface area contributed by atoms with Crippen molar-refractivity contribution >= 4 is 17.4 Å². The monoisotopic (exact) mass is 297 g/mol. The molecule has 0 bridgehead atoms. The van der Waals surface area contributed by atoms with Gasteiger partial charge in [0, 0.05) is 17.6 Å². The molecule has 112 valence electrons. The van der Waals surface area contributed by atoms with Crippen LogP contribution in [0.4, 0.5) is 4.79 Å². The van der Waals surface area contributed by atoms with Crippen LogP contribution in [0.3, 0.4) is 0 Å². The van der Waals surface area contributed by atoms with Crippen LogP contribution in [-0.4, -0.2) is 28.3 Å². The van der Waals surface area contributed by atoms with Gasteiger partial charge in [-0.25, -0.2) is 9.78 Å². The third-order valence-corrected chi connectivity index (χ3v) is 4.62. The average Bonchev–Trinajstić information content (AvgIpc) is 2.71. The number of aryl methyl sites for hydroxylation is 1. The second-order valence-electron chi connectivity index (χ2n) is 5.52. The van der Waals surface area contributed by atoms with Crippen molar-refractivity contribution in [1.82, 2.24) is 15.6 Å². The van der Waals surface area contributed by atoms with Crippen LogP contribution in [0, 0.1) is 6.92 Å². The molecule has 0 spiro atoms. The van der Waals surface area contributed by atoms with Gasteiger partial charge in [0.15, 0.2) is 0 Å². The maximum absolute atomic E-state index is 11.7. The molecule has 0 atom stereocenters. The number of rotatable bonds is 4. The van der Waals surface area contributed by atoms with Crippen molar-refractivity contribution in [2.75, 3.05) is 6.54 Å². The van der Waals surface area contributed by atoms with E-state index in [0.717, 1.165) is 35.6 Å². The highest BCUT2D eigenvalue weighted by atomic mass is 32.1. The van der Waals surface area contributed by atoms with Crippen LogP contribution in [0.25, 0.3) is 0 Å². The summed E-state index contributed by atoms with van der Waals surface area (Å²) in [5.41, 5.74) is -0.727. The molecule has 0 aliphatic heterocycles. The Morgan fingerprint density at radius 1 is 1.35 bits per heavy atom. The molecule has 2 amide bonds. The van der Waals surface area contributed by atoms with Gasteiger partial charge in [0.1, 0.15) is 0 Å². The lowest BCUT2D eigenvalue weighted by Crippen LogP contribution is -2.46. The van der Waals surface area contributed by atoms with Gasteiger partial charge in [-0.15, -0.1) is 11.3 Å². The Balaban J connectivity index is 1.71. The Labute approximate surface area is 123 Å². The van der Waals surface area contributed by atoms with Crippen molar-refractivity contribution < 1.29 is 9.90 Å². The van der Waals surface area contributed by atoms with E-state index in [1.807, 2.05) is 6.92 Å². The summed E-state index contributed by atoms with van der Waals surface area (Å²) in [7, 11) is 0. The number of hydrogen-bond acceptors (Lipinski definition) is 4. The summed E-state index contributed by atoms with van der Waals surface area (Å²) in [6.07, 6.45) is 7.78. The average molecular weight is 297 g/mol. The molecule has 0 unspecified atom stereocenters. The highest BCUT2D eigenvalue weighted by molar-refractivity contribution is 7.11. The van der Waals surface area contributed by atoms with Gasteiger partial charge in [-0.05, 0) is 19.8 Å². The van der Waals surface area contributed by atoms with Gasteiger partial charge in [-0.3, -0.25) is 0 Å². The van der Waals surface area contributed by atoms with Crippen molar-refractivity contribution in [1.29, 1.82) is 0 Å². The molecule has 1 fully saturated rings. The smallest absolute Gasteiger partial charge is 0.315 e. The number of hydrogen-bond donors (Lipinski definition) is 3. The molecular formula is C14H23N3O2S. The van der Waals surface area contributed by atoms with Crippen molar-refractivity contribution in [3.63, 3.8) is 0 Å². The number of nitrogens with one attached hydrogen (secondary N) is 2. The summed E-state index contributed by atoms with van der Waals surface area (Å²) in [5, 5.41) is 17.0. The van der Waals surface area contributed by atoms with Crippen molar-refractivity contribution in [3.8, 4) is 0 Å². The topological polar surface area (TPSA) is 74.2 Å². The van der Waals surface area contributed by atoms with Crippen LogP contribution in [0.15, 0.2) is 6.20 Å². The highest BCUT2D eigenvalue weighted by Gasteiger charge is 2.28. The molecular weight excluding hydrogens is 274 g/mol. The van der Waals surface area contributed by atoms with Crippen molar-refractivity contribution in [2.45, 2.75) is 57.6 Å². The van der Waals surface area contributed by atoms with E-state index in [2.05, 4.69) is 15.6 Å². The number of amides is 2. The summed E-state index contributed by atoms with van der Waals surface area (Å²) < 4.78 is 0. The Morgan fingerprint density at radius 2 is 2.05 bits per heavy atom. The molecule has 6 heteroatoms. The van der Waals surface area contributed by atoms with E-state index in [0.29, 0.717) is 13.1 Å². The molecule has 3 N–H and O–H groups in total. The molecule has 2 rings (SSSR count).